The van der Waals surface area contributed by atoms with E-state index in [9.17, 15) is 13.6 Å². The molecule has 25 heavy (non-hydrogen) atoms. The molecule has 0 fully saturated rings. The van der Waals surface area contributed by atoms with Crippen LogP contribution in [0.5, 0.6) is 11.5 Å². The third kappa shape index (κ3) is 3.02. The molecule has 132 valence electrons. The molecule has 1 aromatic heterocycles. The maximum Gasteiger partial charge on any atom is 0.242 e. The highest BCUT2D eigenvalue weighted by Gasteiger charge is 2.32. The molecule has 0 aliphatic carbocycles. The van der Waals surface area contributed by atoms with Crippen LogP contribution in [0.3, 0.4) is 0 Å². The van der Waals surface area contributed by atoms with Gasteiger partial charge >= 0.3 is 0 Å². The molecule has 2 heterocycles. The second kappa shape index (κ2) is 5.80. The summed E-state index contributed by atoms with van der Waals surface area (Å²) in [6, 6.07) is 2.49. The summed E-state index contributed by atoms with van der Waals surface area (Å²) in [5.74, 6) is -2.02. The van der Waals surface area contributed by atoms with E-state index in [0.29, 0.717) is 0 Å². The lowest BCUT2D eigenvalue weighted by molar-refractivity contribution is -0.116. The van der Waals surface area contributed by atoms with Crippen molar-refractivity contribution in [3.05, 3.63) is 23.8 Å². The van der Waals surface area contributed by atoms with Crippen molar-refractivity contribution in [2.75, 3.05) is 17.4 Å². The second-order valence-corrected chi connectivity index (χ2v) is 5.77. The van der Waals surface area contributed by atoms with Crippen LogP contribution in [-0.2, 0) is 10.5 Å². The normalized spacial score (nSPS) is 13.0. The summed E-state index contributed by atoms with van der Waals surface area (Å²) in [7, 11) is 0. The third-order valence-corrected chi connectivity index (χ3v) is 3.37. The number of nitrogens with zero attached hydrogens (tertiary/aromatic N) is 4. The van der Waals surface area contributed by atoms with Gasteiger partial charge in [0, 0.05) is 6.92 Å². The molecule has 0 atom stereocenters. The predicted octanol–water partition coefficient (Wildman–Crippen LogP) is 2.21. The molecule has 1 aliphatic rings. The summed E-state index contributed by atoms with van der Waals surface area (Å²) in [5, 5.41) is 0. The first-order valence-electron chi connectivity index (χ1n) is 7.28. The number of nitrogens with two attached hydrogens (primary N) is 1. The first kappa shape index (κ1) is 16.8. The molecule has 3 rings (SSSR count). The zero-order valence-corrected chi connectivity index (χ0v) is 13.7. The Morgan fingerprint density at radius 3 is 2.64 bits per heavy atom. The molecule has 2 aromatic rings. The minimum absolute atomic E-state index is 0.0234. The number of aromatic nitrogens is 3. The van der Waals surface area contributed by atoms with Gasteiger partial charge in [0.2, 0.25) is 24.6 Å². The molecule has 8 nitrogen and oxygen atoms in total. The lowest BCUT2D eigenvalue weighted by atomic mass is 10.1. The predicted molar refractivity (Wildman–Crippen MR) is 83.7 cm³/mol. The number of rotatable bonds is 3. The number of hydrogen-bond donors (Lipinski definition) is 1. The third-order valence-electron chi connectivity index (χ3n) is 3.37. The summed E-state index contributed by atoms with van der Waals surface area (Å²) in [6.07, 6.45) is 0. The fourth-order valence-electron chi connectivity index (χ4n) is 2.29. The van der Waals surface area contributed by atoms with Crippen LogP contribution in [0.25, 0.3) is 0 Å². The van der Waals surface area contributed by atoms with E-state index >= 15 is 0 Å². The van der Waals surface area contributed by atoms with E-state index in [4.69, 9.17) is 15.2 Å². The highest BCUT2D eigenvalue weighted by molar-refractivity contribution is 5.99. The number of hydrogen-bond acceptors (Lipinski definition) is 7. The first-order valence-corrected chi connectivity index (χ1v) is 7.28. The average Bonchev–Trinajstić information content (AvgIpc) is 2.96. The van der Waals surface area contributed by atoms with Crippen LogP contribution in [0.2, 0.25) is 0 Å². The van der Waals surface area contributed by atoms with Crippen LogP contribution in [0.4, 0.5) is 26.4 Å². The van der Waals surface area contributed by atoms with Crippen LogP contribution in [0.1, 0.15) is 26.6 Å². The molecule has 0 bridgehead atoms. The number of amides is 1. The SMILES string of the molecule is CC(=O)N(c1nc(N)nc(C(C)(C)F)n1)c1c(F)ccc2c1OCO2. The van der Waals surface area contributed by atoms with Gasteiger partial charge in [-0.15, -0.1) is 0 Å². The number of ether oxygens (including phenoxy) is 2. The van der Waals surface area contributed by atoms with Gasteiger partial charge in [-0.3, -0.25) is 4.79 Å². The van der Waals surface area contributed by atoms with Crippen LogP contribution >= 0.6 is 0 Å². The zero-order chi connectivity index (χ0) is 18.4. The Bertz CT molecular complexity index is 854. The number of nitrogen functional groups attached to an aromatic ring is 1. The van der Waals surface area contributed by atoms with Crippen molar-refractivity contribution in [3.8, 4) is 11.5 Å². The van der Waals surface area contributed by atoms with Crippen molar-refractivity contribution < 1.29 is 23.0 Å². The summed E-state index contributed by atoms with van der Waals surface area (Å²) in [5.41, 5.74) is 3.43. The number of halogens is 2. The quantitative estimate of drug-likeness (QED) is 0.904. The minimum atomic E-state index is -1.94. The second-order valence-electron chi connectivity index (χ2n) is 5.77. The molecule has 1 aromatic carbocycles. The molecular formula is C15H15F2N5O3. The zero-order valence-electron chi connectivity index (χ0n) is 13.7. The fraction of sp³-hybridized carbons (Fsp3) is 0.333. The van der Waals surface area contributed by atoms with Crippen molar-refractivity contribution >= 4 is 23.5 Å². The number of alkyl halides is 1. The molecule has 0 saturated heterocycles. The molecule has 0 spiro atoms. The van der Waals surface area contributed by atoms with Gasteiger partial charge in [0.05, 0.1) is 0 Å². The highest BCUT2D eigenvalue weighted by atomic mass is 19.1. The highest BCUT2D eigenvalue weighted by Crippen LogP contribution is 2.44. The number of carbonyl (C=O) groups is 1. The van der Waals surface area contributed by atoms with E-state index in [1.54, 1.807) is 0 Å². The van der Waals surface area contributed by atoms with E-state index in [1.165, 1.54) is 26.8 Å². The van der Waals surface area contributed by atoms with Gasteiger partial charge in [-0.25, -0.2) is 13.7 Å². The van der Waals surface area contributed by atoms with Crippen molar-refractivity contribution in [2.45, 2.75) is 26.4 Å². The van der Waals surface area contributed by atoms with Crippen LogP contribution in [-0.4, -0.2) is 27.7 Å². The van der Waals surface area contributed by atoms with E-state index in [2.05, 4.69) is 15.0 Å². The van der Waals surface area contributed by atoms with Crippen molar-refractivity contribution in [2.24, 2.45) is 0 Å². The summed E-state index contributed by atoms with van der Waals surface area (Å²) in [6.45, 7) is 3.50. The van der Waals surface area contributed by atoms with Gasteiger partial charge in [0.1, 0.15) is 5.69 Å². The van der Waals surface area contributed by atoms with Crippen LogP contribution in [0, 0.1) is 5.82 Å². The van der Waals surface area contributed by atoms with Gasteiger partial charge in [0.15, 0.2) is 28.8 Å². The van der Waals surface area contributed by atoms with E-state index in [0.717, 1.165) is 11.0 Å². The van der Waals surface area contributed by atoms with E-state index < -0.39 is 17.4 Å². The van der Waals surface area contributed by atoms with Gasteiger partial charge in [0.25, 0.3) is 0 Å². The number of carbonyl (C=O) groups excluding carboxylic acids is 1. The Morgan fingerprint density at radius 1 is 1.28 bits per heavy atom. The fourth-order valence-corrected chi connectivity index (χ4v) is 2.29. The van der Waals surface area contributed by atoms with Crippen molar-refractivity contribution in [3.63, 3.8) is 0 Å². The molecule has 2 N–H and O–H groups in total. The summed E-state index contributed by atoms with van der Waals surface area (Å²) < 4.78 is 39.1. The topological polar surface area (TPSA) is 103 Å². The monoisotopic (exact) mass is 351 g/mol. The summed E-state index contributed by atoms with van der Waals surface area (Å²) >= 11 is 0. The minimum Gasteiger partial charge on any atom is -0.454 e. The Hall–Kier alpha value is -3.04. The maximum atomic E-state index is 14.5. The van der Waals surface area contributed by atoms with E-state index in [1.807, 2.05) is 0 Å². The average molecular weight is 351 g/mol. The number of benzene rings is 1. The van der Waals surface area contributed by atoms with Gasteiger partial charge < -0.3 is 15.2 Å². The first-order chi connectivity index (χ1) is 11.7. The van der Waals surface area contributed by atoms with Crippen molar-refractivity contribution in [1.29, 1.82) is 0 Å². The summed E-state index contributed by atoms with van der Waals surface area (Å²) in [4.78, 5) is 24.5. The Balaban J connectivity index is 2.22. The molecule has 1 aliphatic heterocycles. The van der Waals surface area contributed by atoms with Crippen LogP contribution < -0.4 is 20.1 Å². The van der Waals surface area contributed by atoms with Crippen LogP contribution in [0.15, 0.2) is 12.1 Å². The molecule has 0 radical (unpaired) electrons. The van der Waals surface area contributed by atoms with Gasteiger partial charge in [-0.05, 0) is 26.0 Å². The molecule has 1 amide bonds. The van der Waals surface area contributed by atoms with E-state index in [-0.39, 0.29) is 41.7 Å². The largest absolute Gasteiger partial charge is 0.454 e. The Labute approximate surface area is 141 Å². The molecule has 10 heteroatoms. The number of anilines is 3. The molecule has 0 unspecified atom stereocenters. The Kier molecular flexibility index (Phi) is 3.90. The molecular weight excluding hydrogens is 336 g/mol. The number of fused-ring (bicyclic) bond motifs is 1. The molecule has 0 saturated carbocycles. The van der Waals surface area contributed by atoms with Gasteiger partial charge in [-0.1, -0.05) is 0 Å². The Morgan fingerprint density at radius 2 is 2.00 bits per heavy atom. The smallest absolute Gasteiger partial charge is 0.242 e. The van der Waals surface area contributed by atoms with Crippen molar-refractivity contribution in [1.82, 2.24) is 15.0 Å². The standard InChI is InChI=1S/C15H15F2N5O3/c1-7(23)22(10-8(16)4-5-9-11(10)25-6-24-9)14-20-12(15(2,3)17)19-13(18)21-14/h4-5H,6H2,1-3H3,(H2,18,19,20,21). The lowest BCUT2D eigenvalue weighted by Crippen LogP contribution is -2.28. The van der Waals surface area contributed by atoms with Gasteiger partial charge in [-0.2, -0.15) is 15.0 Å². The lowest BCUT2D eigenvalue weighted by Gasteiger charge is -2.22. The maximum absolute atomic E-state index is 14.5.